The molecule has 0 atom stereocenters. The van der Waals surface area contributed by atoms with E-state index in [9.17, 15) is 8.68 Å². The maximum absolute atomic E-state index is 12.2. The van der Waals surface area contributed by atoms with Gasteiger partial charge in [-0.1, -0.05) is 11.6 Å². The van der Waals surface area contributed by atoms with E-state index < -0.39 is 5.24 Å². The summed E-state index contributed by atoms with van der Waals surface area (Å²) >= 11 is 5.48. The lowest BCUT2D eigenvalue weighted by Crippen LogP contribution is -1.92. The number of hydrogen-bond acceptors (Lipinski definition) is 2. The molecule has 0 N–H and O–H groups in total. The lowest BCUT2D eigenvalue weighted by molar-refractivity contribution is -0.108. The fourth-order valence-corrected chi connectivity index (χ4v) is 1.56. The van der Waals surface area contributed by atoms with Crippen LogP contribution in [0.1, 0.15) is 13.3 Å². The van der Waals surface area contributed by atoms with Crippen LogP contribution in [0.2, 0.25) is 0 Å². The van der Waals surface area contributed by atoms with E-state index in [-0.39, 0.29) is 12.1 Å². The van der Waals surface area contributed by atoms with E-state index in [2.05, 4.69) is 0 Å². The minimum Gasteiger partial charge on any atom is -0.276 e. The summed E-state index contributed by atoms with van der Waals surface area (Å²) in [4.78, 5) is 11.3. The third-order valence-electron chi connectivity index (χ3n) is 1.65. The minimum absolute atomic E-state index is 0.162. The van der Waals surface area contributed by atoms with Crippen LogP contribution in [0.4, 0.5) is 3.89 Å². The van der Waals surface area contributed by atoms with Crippen molar-refractivity contribution >= 4 is 29.0 Å². The predicted molar refractivity (Wildman–Crippen MR) is 54.1 cm³/mol. The van der Waals surface area contributed by atoms with Gasteiger partial charge in [0.2, 0.25) is 5.24 Å². The van der Waals surface area contributed by atoms with Crippen molar-refractivity contribution in [2.24, 2.45) is 0 Å². The molecule has 70 valence electrons. The molecule has 4 heteroatoms. The molecule has 0 aromatic heterocycles. The normalized spacial score (nSPS) is 17.0. The number of halogens is 2. The second kappa shape index (κ2) is 4.63. The van der Waals surface area contributed by atoms with Gasteiger partial charge in [-0.05, 0) is 37.1 Å². The van der Waals surface area contributed by atoms with Crippen molar-refractivity contribution in [3.8, 4) is 0 Å². The van der Waals surface area contributed by atoms with Crippen molar-refractivity contribution in [1.82, 2.24) is 0 Å². The highest BCUT2D eigenvalue weighted by Crippen LogP contribution is 2.26. The molecule has 0 aromatic carbocycles. The van der Waals surface area contributed by atoms with Gasteiger partial charge < -0.3 is 0 Å². The highest BCUT2D eigenvalue weighted by molar-refractivity contribution is 7.98. The molecule has 0 radical (unpaired) electrons. The molecule has 1 aliphatic rings. The van der Waals surface area contributed by atoms with Gasteiger partial charge in [0.15, 0.2) is 0 Å². The Balaban J connectivity index is 2.96. The second-order valence-electron chi connectivity index (χ2n) is 2.78. The number of carbonyl (C=O) groups excluding carboxylic acids is 1. The maximum Gasteiger partial charge on any atom is 0.248 e. The Bertz CT molecular complexity index is 318. The zero-order chi connectivity index (χ0) is 9.84. The van der Waals surface area contributed by atoms with Crippen LogP contribution >= 0.6 is 23.7 Å². The Morgan fingerprint density at radius 2 is 2.31 bits per heavy atom. The molecule has 0 saturated heterocycles. The van der Waals surface area contributed by atoms with E-state index >= 15 is 0 Å². The average molecular weight is 219 g/mol. The number of allylic oxidation sites excluding steroid dienone is 5. The monoisotopic (exact) mass is 218 g/mol. The summed E-state index contributed by atoms with van der Waals surface area (Å²) in [5.41, 5.74) is 1.42. The van der Waals surface area contributed by atoms with Crippen molar-refractivity contribution in [3.05, 3.63) is 34.3 Å². The van der Waals surface area contributed by atoms with Crippen molar-refractivity contribution in [1.29, 1.82) is 0 Å². The van der Waals surface area contributed by atoms with Crippen molar-refractivity contribution in [3.63, 3.8) is 0 Å². The lowest BCUT2D eigenvalue weighted by atomic mass is 10.1. The molecule has 0 heterocycles. The quantitative estimate of drug-likeness (QED) is 0.660. The van der Waals surface area contributed by atoms with Gasteiger partial charge in [-0.3, -0.25) is 4.79 Å². The lowest BCUT2D eigenvalue weighted by Gasteiger charge is -1.98. The van der Waals surface area contributed by atoms with Crippen LogP contribution in [0.5, 0.6) is 0 Å². The first-order chi connectivity index (χ1) is 6.13. The van der Waals surface area contributed by atoms with E-state index in [1.165, 1.54) is 0 Å². The Hall–Kier alpha value is -0.540. The minimum atomic E-state index is -0.478. The fourth-order valence-electron chi connectivity index (χ4n) is 1.07. The molecule has 1 rings (SSSR count). The molecule has 0 fully saturated rings. The summed E-state index contributed by atoms with van der Waals surface area (Å²) in [7, 11) is 0. The van der Waals surface area contributed by atoms with Gasteiger partial charge in [0.1, 0.15) is 0 Å². The summed E-state index contributed by atoms with van der Waals surface area (Å²) in [5.74, 6) is 0. The summed E-state index contributed by atoms with van der Waals surface area (Å²) in [6.07, 6.45) is 5.30. The highest BCUT2D eigenvalue weighted by Gasteiger charge is 2.09. The van der Waals surface area contributed by atoms with Crippen molar-refractivity contribution in [2.75, 3.05) is 0 Å². The average Bonchev–Trinajstić information content (AvgIpc) is 2.26. The Labute approximate surface area is 85.6 Å². The number of carbonyl (C=O) groups is 1. The third kappa shape index (κ3) is 3.01. The first kappa shape index (κ1) is 10.5. The second-order valence-corrected chi connectivity index (χ2v) is 3.75. The molecule has 0 amide bonds. The number of rotatable bonds is 2. The van der Waals surface area contributed by atoms with Gasteiger partial charge in [-0.2, -0.15) is 3.89 Å². The van der Waals surface area contributed by atoms with Gasteiger partial charge in [0, 0.05) is 10.5 Å². The van der Waals surface area contributed by atoms with Crippen molar-refractivity contribution in [2.45, 2.75) is 13.3 Å². The summed E-state index contributed by atoms with van der Waals surface area (Å²) in [6, 6.07) is 0. The molecular weight excluding hydrogens is 211 g/mol. The Morgan fingerprint density at radius 1 is 1.62 bits per heavy atom. The first-order valence-corrected chi connectivity index (χ1v) is 4.79. The van der Waals surface area contributed by atoms with Gasteiger partial charge in [-0.15, -0.1) is 0 Å². The number of hydrogen-bond donors (Lipinski definition) is 0. The molecule has 0 spiro atoms. The molecule has 0 bridgehead atoms. The van der Waals surface area contributed by atoms with E-state index in [0.29, 0.717) is 16.9 Å². The molecular formula is C9H8ClFOS. The topological polar surface area (TPSA) is 17.1 Å². The van der Waals surface area contributed by atoms with E-state index in [4.69, 9.17) is 11.6 Å². The highest BCUT2D eigenvalue weighted by atomic mass is 35.5. The first-order valence-electron chi connectivity index (χ1n) is 3.70. The summed E-state index contributed by atoms with van der Waals surface area (Å²) in [6.45, 7) is 1.84. The standard InChI is InChI=1S/C9H8ClFOS/c1-6-4-7(9(10)12)2-3-8(5-6)13-11/h2-3,5H,4H2,1H3. The molecule has 1 nitrogen and oxygen atoms in total. The van der Waals surface area contributed by atoms with Gasteiger partial charge in [0.25, 0.3) is 0 Å². The molecule has 0 saturated carbocycles. The SMILES string of the molecule is CC1=CC(SF)=CC=C(C(=O)Cl)C1. The smallest absolute Gasteiger partial charge is 0.248 e. The predicted octanol–water partition coefficient (Wildman–Crippen LogP) is 3.53. The Morgan fingerprint density at radius 3 is 2.85 bits per heavy atom. The summed E-state index contributed by atoms with van der Waals surface area (Å²) < 4.78 is 12.2. The van der Waals surface area contributed by atoms with E-state index in [0.717, 1.165) is 5.57 Å². The third-order valence-corrected chi connectivity index (χ3v) is 2.32. The van der Waals surface area contributed by atoms with Crippen LogP contribution in [-0.2, 0) is 4.79 Å². The van der Waals surface area contributed by atoms with Gasteiger partial charge >= 0.3 is 0 Å². The Kier molecular flexibility index (Phi) is 3.75. The molecule has 1 aliphatic carbocycles. The van der Waals surface area contributed by atoms with Crippen LogP contribution in [0.3, 0.4) is 0 Å². The van der Waals surface area contributed by atoms with Crippen molar-refractivity contribution < 1.29 is 8.68 Å². The molecule has 0 aromatic rings. The van der Waals surface area contributed by atoms with Gasteiger partial charge in [-0.25, -0.2) is 0 Å². The van der Waals surface area contributed by atoms with Crippen LogP contribution in [0.15, 0.2) is 34.3 Å². The van der Waals surface area contributed by atoms with Gasteiger partial charge in [0.05, 0.1) is 12.1 Å². The maximum atomic E-state index is 12.2. The molecule has 0 unspecified atom stereocenters. The van der Waals surface area contributed by atoms with Crippen LogP contribution < -0.4 is 0 Å². The zero-order valence-electron chi connectivity index (χ0n) is 7.01. The fraction of sp³-hybridized carbons (Fsp3) is 0.222. The van der Waals surface area contributed by atoms with E-state index in [1.807, 2.05) is 6.92 Å². The van der Waals surface area contributed by atoms with Crippen LogP contribution in [-0.4, -0.2) is 5.24 Å². The van der Waals surface area contributed by atoms with Crippen LogP contribution in [0.25, 0.3) is 0 Å². The van der Waals surface area contributed by atoms with Crippen LogP contribution in [0, 0.1) is 0 Å². The molecule has 13 heavy (non-hydrogen) atoms. The van der Waals surface area contributed by atoms with E-state index in [1.54, 1.807) is 18.2 Å². The summed E-state index contributed by atoms with van der Waals surface area (Å²) in [5, 5.41) is -0.478. The molecule has 0 aliphatic heterocycles. The largest absolute Gasteiger partial charge is 0.276 e. The zero-order valence-corrected chi connectivity index (χ0v) is 8.58.